The number of benzene rings is 1. The number of hydrogen-bond acceptors (Lipinski definition) is 6. The summed E-state index contributed by atoms with van der Waals surface area (Å²) in [5.74, 6) is 0.943. The Hall–Kier alpha value is -3.43. The third-order valence-corrected chi connectivity index (χ3v) is 5.91. The summed E-state index contributed by atoms with van der Waals surface area (Å²) < 4.78 is 4.53. The van der Waals surface area contributed by atoms with E-state index in [2.05, 4.69) is 4.98 Å². The van der Waals surface area contributed by atoms with Crippen LogP contribution in [-0.4, -0.2) is 23.6 Å². The van der Waals surface area contributed by atoms with Crippen LogP contribution in [0.25, 0.3) is 11.2 Å². The summed E-state index contributed by atoms with van der Waals surface area (Å²) >= 11 is 0. The predicted molar refractivity (Wildman–Crippen MR) is 110 cm³/mol. The molecule has 3 aromatic rings. The molecule has 30 heavy (non-hydrogen) atoms. The van der Waals surface area contributed by atoms with Gasteiger partial charge in [0, 0.05) is 25.2 Å². The zero-order chi connectivity index (χ0) is 21.0. The minimum absolute atomic E-state index is 0.00716. The fraction of sp³-hybridized carbons (Fsp3) is 0.450. The summed E-state index contributed by atoms with van der Waals surface area (Å²) in [5.41, 5.74) is 6.85. The van der Waals surface area contributed by atoms with Gasteiger partial charge in [0.1, 0.15) is 0 Å². The molecular formula is C20H22N6O4. The molecule has 1 aromatic carbocycles. The molecule has 2 heterocycles. The van der Waals surface area contributed by atoms with Gasteiger partial charge in [-0.15, -0.1) is 0 Å². The first-order chi connectivity index (χ1) is 14.4. The van der Waals surface area contributed by atoms with Crippen LogP contribution in [0.1, 0.15) is 31.2 Å². The number of nitro groups is 1. The van der Waals surface area contributed by atoms with Crippen LogP contribution in [0.4, 0.5) is 11.6 Å². The maximum absolute atomic E-state index is 13.3. The van der Waals surface area contributed by atoms with Crippen LogP contribution in [0, 0.1) is 22.0 Å². The molecule has 2 aromatic heterocycles. The minimum Gasteiger partial charge on any atom is -0.369 e. The van der Waals surface area contributed by atoms with Crippen molar-refractivity contribution in [2.45, 2.75) is 45.3 Å². The second kappa shape index (κ2) is 6.82. The lowest BCUT2D eigenvalue weighted by Gasteiger charge is -2.12. The van der Waals surface area contributed by atoms with Crippen LogP contribution < -0.4 is 17.0 Å². The minimum atomic E-state index is -0.460. The monoisotopic (exact) mass is 410 g/mol. The van der Waals surface area contributed by atoms with Crippen LogP contribution >= 0.6 is 0 Å². The Labute approximate surface area is 170 Å². The number of anilines is 1. The molecule has 0 bridgehead atoms. The molecule has 10 nitrogen and oxygen atoms in total. The van der Waals surface area contributed by atoms with Gasteiger partial charge in [0.25, 0.3) is 11.2 Å². The Morgan fingerprint density at radius 2 is 1.60 bits per heavy atom. The molecule has 0 aliphatic heterocycles. The highest BCUT2D eigenvalue weighted by atomic mass is 16.6. The summed E-state index contributed by atoms with van der Waals surface area (Å²) in [6.45, 7) is 1.19. The van der Waals surface area contributed by atoms with Gasteiger partial charge in [0.15, 0.2) is 11.2 Å². The Bertz CT molecular complexity index is 1260. The van der Waals surface area contributed by atoms with Crippen LogP contribution in [0.15, 0.2) is 33.9 Å². The van der Waals surface area contributed by atoms with Gasteiger partial charge < -0.3 is 10.3 Å². The lowest BCUT2D eigenvalue weighted by Crippen LogP contribution is -2.41. The third-order valence-electron chi connectivity index (χ3n) is 5.91. The average Bonchev–Trinajstić information content (AvgIpc) is 3.64. The van der Waals surface area contributed by atoms with Crippen molar-refractivity contribution in [3.05, 3.63) is 60.8 Å². The number of nitrogen functional groups attached to an aromatic ring is 1. The smallest absolute Gasteiger partial charge is 0.332 e. The molecule has 0 atom stereocenters. The molecule has 0 saturated heterocycles. The van der Waals surface area contributed by atoms with E-state index < -0.39 is 4.92 Å². The summed E-state index contributed by atoms with van der Waals surface area (Å²) in [6.07, 6.45) is 4.18. The van der Waals surface area contributed by atoms with Crippen molar-refractivity contribution in [1.82, 2.24) is 18.7 Å². The van der Waals surface area contributed by atoms with E-state index in [1.54, 1.807) is 21.3 Å². The van der Waals surface area contributed by atoms with Gasteiger partial charge in [-0.2, -0.15) is 4.98 Å². The van der Waals surface area contributed by atoms with Gasteiger partial charge in [-0.3, -0.25) is 24.0 Å². The number of nitrogens with zero attached hydrogens (tertiary/aromatic N) is 5. The van der Waals surface area contributed by atoms with Crippen molar-refractivity contribution in [2.24, 2.45) is 11.8 Å². The lowest BCUT2D eigenvalue weighted by atomic mass is 10.2. The van der Waals surface area contributed by atoms with Crippen LogP contribution in [-0.2, 0) is 19.6 Å². The van der Waals surface area contributed by atoms with E-state index in [4.69, 9.17) is 5.73 Å². The molecule has 0 unspecified atom stereocenters. The Balaban J connectivity index is 1.64. The van der Waals surface area contributed by atoms with E-state index in [0.29, 0.717) is 36.1 Å². The highest BCUT2D eigenvalue weighted by Crippen LogP contribution is 2.32. The molecule has 5 rings (SSSR count). The molecular weight excluding hydrogens is 388 g/mol. The number of non-ortho nitro benzene ring substituents is 1. The molecule has 156 valence electrons. The normalized spacial score (nSPS) is 16.3. The van der Waals surface area contributed by atoms with Crippen molar-refractivity contribution in [3.63, 3.8) is 0 Å². The van der Waals surface area contributed by atoms with Crippen molar-refractivity contribution in [3.8, 4) is 0 Å². The third kappa shape index (κ3) is 3.27. The lowest BCUT2D eigenvalue weighted by molar-refractivity contribution is -0.384. The van der Waals surface area contributed by atoms with Crippen molar-refractivity contribution < 1.29 is 4.92 Å². The zero-order valence-electron chi connectivity index (χ0n) is 16.4. The first kappa shape index (κ1) is 18.6. The molecule has 2 aliphatic carbocycles. The second-order valence-electron chi connectivity index (χ2n) is 8.35. The number of aromatic nitrogens is 4. The number of nitrogens with two attached hydrogens (primary N) is 1. The van der Waals surface area contributed by atoms with Gasteiger partial charge in [-0.05, 0) is 43.1 Å². The number of hydrogen-bond donors (Lipinski definition) is 1. The van der Waals surface area contributed by atoms with E-state index in [-0.39, 0.29) is 29.4 Å². The highest BCUT2D eigenvalue weighted by Gasteiger charge is 2.29. The summed E-state index contributed by atoms with van der Waals surface area (Å²) in [5, 5.41) is 10.9. The maximum Gasteiger partial charge on any atom is 0.332 e. The molecule has 2 aliphatic rings. The molecule has 2 fully saturated rings. The van der Waals surface area contributed by atoms with Gasteiger partial charge >= 0.3 is 5.69 Å². The first-order valence-electron chi connectivity index (χ1n) is 10.1. The van der Waals surface area contributed by atoms with Crippen LogP contribution in [0.3, 0.4) is 0 Å². The topological polar surface area (TPSA) is 131 Å². The van der Waals surface area contributed by atoms with E-state index in [1.165, 1.54) is 16.7 Å². The summed E-state index contributed by atoms with van der Waals surface area (Å²) in [4.78, 5) is 41.2. The Kier molecular flexibility index (Phi) is 4.23. The summed E-state index contributed by atoms with van der Waals surface area (Å²) in [7, 11) is 0. The average molecular weight is 410 g/mol. The quantitative estimate of drug-likeness (QED) is 0.466. The molecule has 2 saturated carbocycles. The SMILES string of the molecule is Nc1nc2c(c(=O)n(CC3CC3)c(=O)n2CC2CC2)n1Cc1ccc([N+](=O)[O-])cc1. The number of rotatable bonds is 7. The number of fused-ring (bicyclic) bond motifs is 1. The van der Waals surface area contributed by atoms with Gasteiger partial charge in [0.2, 0.25) is 5.95 Å². The van der Waals surface area contributed by atoms with E-state index in [9.17, 15) is 19.7 Å². The van der Waals surface area contributed by atoms with Crippen LogP contribution in [0.2, 0.25) is 0 Å². The van der Waals surface area contributed by atoms with Crippen molar-refractivity contribution in [1.29, 1.82) is 0 Å². The van der Waals surface area contributed by atoms with Crippen molar-refractivity contribution >= 4 is 22.8 Å². The van der Waals surface area contributed by atoms with E-state index in [0.717, 1.165) is 31.2 Å². The molecule has 0 spiro atoms. The zero-order valence-corrected chi connectivity index (χ0v) is 16.4. The molecule has 10 heteroatoms. The van der Waals surface area contributed by atoms with Gasteiger partial charge in [0.05, 0.1) is 11.5 Å². The van der Waals surface area contributed by atoms with E-state index in [1.807, 2.05) is 0 Å². The highest BCUT2D eigenvalue weighted by molar-refractivity contribution is 5.74. The fourth-order valence-corrected chi connectivity index (χ4v) is 3.82. The predicted octanol–water partition coefficient (Wildman–Crippen LogP) is 1.72. The molecule has 0 radical (unpaired) electrons. The number of nitro benzene ring substituents is 1. The Morgan fingerprint density at radius 1 is 1.00 bits per heavy atom. The van der Waals surface area contributed by atoms with Crippen molar-refractivity contribution in [2.75, 3.05) is 5.73 Å². The van der Waals surface area contributed by atoms with E-state index >= 15 is 0 Å². The van der Waals surface area contributed by atoms with Crippen LogP contribution in [0.5, 0.6) is 0 Å². The van der Waals surface area contributed by atoms with Gasteiger partial charge in [-0.1, -0.05) is 12.1 Å². The molecule has 0 amide bonds. The van der Waals surface area contributed by atoms with Gasteiger partial charge in [-0.25, -0.2) is 4.79 Å². The largest absolute Gasteiger partial charge is 0.369 e. The second-order valence-corrected chi connectivity index (χ2v) is 8.35. The fourth-order valence-electron chi connectivity index (χ4n) is 3.82. The Morgan fingerprint density at radius 3 is 2.17 bits per heavy atom. The summed E-state index contributed by atoms with van der Waals surface area (Å²) in [6, 6.07) is 6.09. The molecule has 2 N–H and O–H groups in total. The number of imidazole rings is 1. The standard InChI is InChI=1S/C20H22N6O4/c21-19-22-17-16(23(19)9-14-5-7-15(8-6-14)26(29)30)18(27)25(11-13-3-4-13)20(28)24(17)10-12-1-2-12/h5-8,12-13H,1-4,9-11H2,(H2,21,22). The maximum atomic E-state index is 13.3. The first-order valence-corrected chi connectivity index (χ1v) is 10.1.